The number of sulfone groups is 1. The minimum atomic E-state index is -3.55. The van der Waals surface area contributed by atoms with Crippen molar-refractivity contribution >= 4 is 26.6 Å². The summed E-state index contributed by atoms with van der Waals surface area (Å²) in [5.41, 5.74) is 6.19. The molecule has 2 aromatic heterocycles. The second kappa shape index (κ2) is 5.92. The van der Waals surface area contributed by atoms with Gasteiger partial charge < -0.3 is 5.73 Å². The molecule has 3 rings (SSSR count). The monoisotopic (exact) mass is 336 g/mol. The van der Waals surface area contributed by atoms with E-state index in [2.05, 4.69) is 9.97 Å². The van der Waals surface area contributed by atoms with Crippen molar-refractivity contribution < 1.29 is 8.42 Å². The van der Waals surface area contributed by atoms with E-state index in [-0.39, 0.29) is 16.4 Å². The van der Waals surface area contributed by atoms with Gasteiger partial charge in [0, 0.05) is 30.8 Å². The first-order valence-electron chi connectivity index (χ1n) is 7.72. The van der Waals surface area contributed by atoms with E-state index in [0.717, 1.165) is 31.9 Å². The van der Waals surface area contributed by atoms with Crippen LogP contribution in [-0.2, 0) is 16.4 Å². The summed E-state index contributed by atoms with van der Waals surface area (Å²) in [7, 11) is -3.55. The molecule has 1 saturated carbocycles. The van der Waals surface area contributed by atoms with Gasteiger partial charge in [-0.1, -0.05) is 19.3 Å². The third-order valence-corrected chi connectivity index (χ3v) is 5.22. The molecule has 0 aromatic carbocycles. The van der Waals surface area contributed by atoms with Gasteiger partial charge in [0.25, 0.3) is 5.56 Å². The average molecular weight is 336 g/mol. The maximum Gasteiger partial charge on any atom is 0.254 e. The van der Waals surface area contributed by atoms with Gasteiger partial charge >= 0.3 is 0 Å². The molecule has 124 valence electrons. The first-order chi connectivity index (χ1) is 10.9. The number of nitrogen functional groups attached to an aromatic ring is 1. The normalized spacial score (nSPS) is 16.7. The molecule has 0 bridgehead atoms. The summed E-state index contributed by atoms with van der Waals surface area (Å²) in [5.74, 6) is 0.407. The van der Waals surface area contributed by atoms with Crippen LogP contribution >= 0.6 is 0 Å². The third kappa shape index (κ3) is 3.21. The van der Waals surface area contributed by atoms with E-state index in [0.29, 0.717) is 23.5 Å². The second-order valence-corrected chi connectivity index (χ2v) is 8.12. The van der Waals surface area contributed by atoms with Crippen LogP contribution in [0.15, 0.2) is 22.2 Å². The van der Waals surface area contributed by atoms with Crippen molar-refractivity contribution in [3.63, 3.8) is 0 Å². The predicted octanol–water partition coefficient (Wildman–Crippen LogP) is 1.36. The summed E-state index contributed by atoms with van der Waals surface area (Å²) < 4.78 is 24.9. The summed E-state index contributed by atoms with van der Waals surface area (Å²) in [5, 5.41) is 0.222. The molecule has 2 heterocycles. The molecule has 8 heteroatoms. The van der Waals surface area contributed by atoms with Crippen LogP contribution in [0.3, 0.4) is 0 Å². The van der Waals surface area contributed by atoms with Gasteiger partial charge in [-0.05, 0) is 18.8 Å². The van der Waals surface area contributed by atoms with Crippen molar-refractivity contribution in [2.24, 2.45) is 5.92 Å². The molecule has 0 radical (unpaired) electrons. The van der Waals surface area contributed by atoms with Gasteiger partial charge in [0.05, 0.1) is 5.39 Å². The van der Waals surface area contributed by atoms with Crippen molar-refractivity contribution in [2.45, 2.75) is 43.8 Å². The summed E-state index contributed by atoms with van der Waals surface area (Å²) in [4.78, 5) is 20.3. The Morgan fingerprint density at radius 1 is 1.30 bits per heavy atom. The average Bonchev–Trinajstić information content (AvgIpc) is 2.51. The zero-order valence-corrected chi connectivity index (χ0v) is 13.8. The number of nitrogens with two attached hydrogens (primary N) is 1. The number of aromatic nitrogens is 3. The van der Waals surface area contributed by atoms with Crippen LogP contribution in [0.4, 0.5) is 5.69 Å². The van der Waals surface area contributed by atoms with E-state index < -0.39 is 9.84 Å². The first-order valence-corrected chi connectivity index (χ1v) is 9.61. The van der Waals surface area contributed by atoms with E-state index in [4.69, 9.17) is 5.73 Å². The Morgan fingerprint density at radius 3 is 2.65 bits per heavy atom. The fourth-order valence-electron chi connectivity index (χ4n) is 3.14. The lowest BCUT2D eigenvalue weighted by atomic mass is 9.89. The zero-order valence-electron chi connectivity index (χ0n) is 13.0. The minimum absolute atomic E-state index is 0.251. The lowest BCUT2D eigenvalue weighted by Gasteiger charge is -2.23. The molecular weight excluding hydrogens is 316 g/mol. The molecule has 23 heavy (non-hydrogen) atoms. The number of pyridine rings is 1. The molecule has 0 spiro atoms. The Morgan fingerprint density at radius 2 is 2.00 bits per heavy atom. The Hall–Kier alpha value is -1.96. The molecule has 0 unspecified atom stereocenters. The highest BCUT2D eigenvalue weighted by Gasteiger charge is 2.19. The minimum Gasteiger partial charge on any atom is -0.398 e. The second-order valence-electron chi connectivity index (χ2n) is 6.21. The standard InChI is InChI=1S/C15H20N4O3S/c1-23(21,22)15-17-8-11-12(16)7-13(20)19(14(11)18-15)9-10-5-3-2-4-6-10/h7-8,10H,2-6,9,16H2,1H3. The van der Waals surface area contributed by atoms with E-state index in [9.17, 15) is 13.2 Å². The predicted molar refractivity (Wildman–Crippen MR) is 87.9 cm³/mol. The van der Waals surface area contributed by atoms with Crippen LogP contribution in [0.5, 0.6) is 0 Å². The Labute approximate surface area is 134 Å². The molecule has 1 aliphatic carbocycles. The van der Waals surface area contributed by atoms with E-state index >= 15 is 0 Å². The molecule has 0 amide bonds. The topological polar surface area (TPSA) is 108 Å². The van der Waals surface area contributed by atoms with Crippen LogP contribution in [0.1, 0.15) is 32.1 Å². The zero-order chi connectivity index (χ0) is 16.6. The lowest BCUT2D eigenvalue weighted by Crippen LogP contribution is -2.26. The number of nitrogens with zero attached hydrogens (tertiary/aromatic N) is 3. The highest BCUT2D eigenvalue weighted by Crippen LogP contribution is 2.26. The van der Waals surface area contributed by atoms with Crippen LogP contribution in [0, 0.1) is 5.92 Å². The van der Waals surface area contributed by atoms with Gasteiger partial charge in [0.2, 0.25) is 15.0 Å². The van der Waals surface area contributed by atoms with E-state index in [1.165, 1.54) is 23.3 Å². The van der Waals surface area contributed by atoms with Crippen LogP contribution in [0.25, 0.3) is 11.0 Å². The van der Waals surface area contributed by atoms with Crippen LogP contribution < -0.4 is 11.3 Å². The lowest BCUT2D eigenvalue weighted by molar-refractivity contribution is 0.319. The van der Waals surface area contributed by atoms with Gasteiger partial charge in [0.15, 0.2) is 0 Å². The van der Waals surface area contributed by atoms with Gasteiger partial charge in [-0.25, -0.2) is 13.4 Å². The smallest absolute Gasteiger partial charge is 0.254 e. The number of hydrogen-bond acceptors (Lipinski definition) is 6. The highest BCUT2D eigenvalue weighted by molar-refractivity contribution is 7.90. The number of fused-ring (bicyclic) bond motifs is 1. The molecule has 0 atom stereocenters. The fourth-order valence-corrected chi connectivity index (χ4v) is 3.64. The van der Waals surface area contributed by atoms with Gasteiger partial charge in [0.1, 0.15) is 5.65 Å². The molecule has 7 nitrogen and oxygen atoms in total. The molecule has 1 fully saturated rings. The van der Waals surface area contributed by atoms with E-state index in [1.807, 2.05) is 0 Å². The number of hydrogen-bond donors (Lipinski definition) is 1. The summed E-state index contributed by atoms with van der Waals surface area (Å²) in [6, 6.07) is 1.36. The molecule has 0 aliphatic heterocycles. The summed E-state index contributed by atoms with van der Waals surface area (Å²) >= 11 is 0. The molecular formula is C15H20N4O3S. The van der Waals surface area contributed by atoms with Crippen molar-refractivity contribution in [3.8, 4) is 0 Å². The van der Waals surface area contributed by atoms with Crippen molar-refractivity contribution in [1.82, 2.24) is 14.5 Å². The first kappa shape index (κ1) is 15.9. The van der Waals surface area contributed by atoms with Crippen molar-refractivity contribution in [1.29, 1.82) is 0 Å². The van der Waals surface area contributed by atoms with Gasteiger partial charge in [-0.15, -0.1) is 0 Å². The van der Waals surface area contributed by atoms with Gasteiger partial charge in [-0.3, -0.25) is 9.36 Å². The largest absolute Gasteiger partial charge is 0.398 e. The number of rotatable bonds is 3. The fraction of sp³-hybridized carbons (Fsp3) is 0.533. The van der Waals surface area contributed by atoms with Crippen LogP contribution in [0.2, 0.25) is 0 Å². The Balaban J connectivity index is 2.16. The van der Waals surface area contributed by atoms with Gasteiger partial charge in [-0.2, -0.15) is 4.98 Å². The molecule has 1 aliphatic rings. The number of anilines is 1. The third-order valence-electron chi connectivity index (χ3n) is 4.36. The maximum atomic E-state index is 12.4. The summed E-state index contributed by atoms with van der Waals surface area (Å²) in [6.07, 6.45) is 8.12. The SMILES string of the molecule is CS(=O)(=O)c1ncc2c(N)cc(=O)n(CC3CCCCC3)c2n1. The highest BCUT2D eigenvalue weighted by atomic mass is 32.2. The Kier molecular flexibility index (Phi) is 4.09. The van der Waals surface area contributed by atoms with Crippen molar-refractivity contribution in [3.05, 3.63) is 22.6 Å². The molecule has 2 N–H and O–H groups in total. The van der Waals surface area contributed by atoms with Crippen molar-refractivity contribution in [2.75, 3.05) is 12.0 Å². The molecule has 2 aromatic rings. The summed E-state index contributed by atoms with van der Waals surface area (Å²) in [6.45, 7) is 0.538. The van der Waals surface area contributed by atoms with Crippen LogP contribution in [-0.4, -0.2) is 29.2 Å². The maximum absolute atomic E-state index is 12.4. The quantitative estimate of drug-likeness (QED) is 0.848. The van der Waals surface area contributed by atoms with E-state index in [1.54, 1.807) is 0 Å². The molecule has 0 saturated heterocycles. The Bertz CT molecular complexity index is 899.